The molecule has 1 aromatic heterocycles. The number of methoxy groups -OCH3 is 1. The molecule has 0 aliphatic rings. The van der Waals surface area contributed by atoms with Crippen LogP contribution in [0.1, 0.15) is 5.69 Å². The van der Waals surface area contributed by atoms with Gasteiger partial charge < -0.3 is 15.4 Å². The van der Waals surface area contributed by atoms with Crippen molar-refractivity contribution in [2.45, 2.75) is 6.92 Å². The Morgan fingerprint density at radius 2 is 1.72 bits per heavy atom. The average Bonchev–Trinajstić information content (AvgIpc) is 2.54. The van der Waals surface area contributed by atoms with Gasteiger partial charge in [0.1, 0.15) is 11.6 Å². The Hall–Kier alpha value is -2.50. The first kappa shape index (κ1) is 17.3. The van der Waals surface area contributed by atoms with Gasteiger partial charge in [-0.15, -0.1) is 0 Å². The van der Waals surface area contributed by atoms with E-state index >= 15 is 0 Å². The average molecular weight is 375 g/mol. The third-order valence-corrected chi connectivity index (χ3v) is 3.89. The maximum atomic E-state index is 6.15. The van der Waals surface area contributed by atoms with Crippen LogP contribution < -0.4 is 15.4 Å². The molecule has 0 amide bonds. The summed E-state index contributed by atoms with van der Waals surface area (Å²) < 4.78 is 5.15. The molecule has 5 nitrogen and oxygen atoms in total. The van der Waals surface area contributed by atoms with Crippen LogP contribution in [0.5, 0.6) is 5.75 Å². The Balaban J connectivity index is 1.83. The van der Waals surface area contributed by atoms with Gasteiger partial charge >= 0.3 is 0 Å². The van der Waals surface area contributed by atoms with E-state index < -0.39 is 0 Å². The second-order valence-corrected chi connectivity index (χ2v) is 6.17. The van der Waals surface area contributed by atoms with Crippen molar-refractivity contribution in [3.8, 4) is 5.75 Å². The first-order chi connectivity index (χ1) is 12.0. The predicted octanol–water partition coefficient (Wildman–Crippen LogP) is 5.59. The maximum absolute atomic E-state index is 6.15. The van der Waals surface area contributed by atoms with Gasteiger partial charge in [-0.3, -0.25) is 0 Å². The molecule has 3 rings (SSSR count). The zero-order valence-corrected chi connectivity index (χ0v) is 15.2. The SMILES string of the molecule is COc1ccc(Nc2nc(C)cc(Nc3cccc(Cl)c3)n2)cc1Cl. The third kappa shape index (κ3) is 4.53. The minimum absolute atomic E-state index is 0.464. The number of hydrogen-bond acceptors (Lipinski definition) is 5. The van der Waals surface area contributed by atoms with Gasteiger partial charge in [-0.05, 0) is 43.3 Å². The quantitative estimate of drug-likeness (QED) is 0.609. The lowest BCUT2D eigenvalue weighted by atomic mass is 10.3. The molecule has 0 atom stereocenters. The monoisotopic (exact) mass is 374 g/mol. The number of nitrogens with one attached hydrogen (secondary N) is 2. The van der Waals surface area contributed by atoms with Crippen LogP contribution in [0.15, 0.2) is 48.5 Å². The zero-order chi connectivity index (χ0) is 17.8. The molecule has 0 saturated heterocycles. The Labute approximate surface area is 156 Å². The molecule has 2 aromatic carbocycles. The van der Waals surface area contributed by atoms with Crippen molar-refractivity contribution in [1.82, 2.24) is 9.97 Å². The molecule has 2 N–H and O–H groups in total. The van der Waals surface area contributed by atoms with Crippen LogP contribution >= 0.6 is 23.2 Å². The fraction of sp³-hybridized carbons (Fsp3) is 0.111. The summed E-state index contributed by atoms with van der Waals surface area (Å²) in [6.45, 7) is 1.90. The number of aromatic nitrogens is 2. The van der Waals surface area contributed by atoms with Gasteiger partial charge in [0.15, 0.2) is 0 Å². The minimum atomic E-state index is 0.464. The van der Waals surface area contributed by atoms with Gasteiger partial charge in [-0.1, -0.05) is 29.3 Å². The maximum Gasteiger partial charge on any atom is 0.229 e. The zero-order valence-electron chi connectivity index (χ0n) is 13.7. The summed E-state index contributed by atoms with van der Waals surface area (Å²) in [5.41, 5.74) is 2.44. The predicted molar refractivity (Wildman–Crippen MR) is 103 cm³/mol. The Morgan fingerprint density at radius 1 is 0.920 bits per heavy atom. The lowest BCUT2D eigenvalue weighted by molar-refractivity contribution is 0.415. The number of halogens is 2. The summed E-state index contributed by atoms with van der Waals surface area (Å²) in [5, 5.41) is 7.53. The van der Waals surface area contributed by atoms with Crippen LogP contribution in [0, 0.1) is 6.92 Å². The van der Waals surface area contributed by atoms with Crippen LogP contribution in [0.4, 0.5) is 23.1 Å². The topological polar surface area (TPSA) is 59.1 Å². The van der Waals surface area contributed by atoms with Gasteiger partial charge in [0, 0.05) is 28.2 Å². The minimum Gasteiger partial charge on any atom is -0.495 e. The largest absolute Gasteiger partial charge is 0.495 e. The second kappa shape index (κ2) is 7.59. The normalized spacial score (nSPS) is 10.4. The van der Waals surface area contributed by atoms with Crippen LogP contribution in [0.3, 0.4) is 0 Å². The molecule has 7 heteroatoms. The van der Waals surface area contributed by atoms with Crippen molar-refractivity contribution < 1.29 is 4.74 Å². The van der Waals surface area contributed by atoms with Crippen LogP contribution in [0.2, 0.25) is 10.0 Å². The summed E-state index contributed by atoms with van der Waals surface area (Å²) in [7, 11) is 1.58. The first-order valence-corrected chi connectivity index (χ1v) is 8.28. The van der Waals surface area contributed by atoms with Crippen molar-refractivity contribution in [2.75, 3.05) is 17.7 Å². The molecule has 0 unspecified atom stereocenters. The molecule has 1 heterocycles. The number of nitrogens with zero attached hydrogens (tertiary/aromatic N) is 2. The highest BCUT2D eigenvalue weighted by Crippen LogP contribution is 2.28. The lowest BCUT2D eigenvalue weighted by Crippen LogP contribution is -2.02. The van der Waals surface area contributed by atoms with E-state index in [1.54, 1.807) is 19.2 Å². The van der Waals surface area contributed by atoms with Gasteiger partial charge in [-0.25, -0.2) is 4.98 Å². The number of hydrogen-bond donors (Lipinski definition) is 2. The molecular formula is C18H16Cl2N4O. The number of aryl methyl sites for hydroxylation is 1. The van der Waals surface area contributed by atoms with E-state index in [1.807, 2.05) is 43.3 Å². The Kier molecular flexibility index (Phi) is 5.26. The van der Waals surface area contributed by atoms with Gasteiger partial charge in [0.25, 0.3) is 0 Å². The van der Waals surface area contributed by atoms with E-state index in [1.165, 1.54) is 0 Å². The molecule has 128 valence electrons. The van der Waals surface area contributed by atoms with E-state index in [0.717, 1.165) is 17.1 Å². The highest BCUT2D eigenvalue weighted by Gasteiger charge is 2.06. The van der Waals surface area contributed by atoms with E-state index in [-0.39, 0.29) is 0 Å². The Morgan fingerprint density at radius 3 is 2.44 bits per heavy atom. The molecule has 0 saturated carbocycles. The van der Waals surface area contributed by atoms with Crippen molar-refractivity contribution >= 4 is 46.3 Å². The fourth-order valence-corrected chi connectivity index (χ4v) is 2.72. The first-order valence-electron chi connectivity index (χ1n) is 7.52. The third-order valence-electron chi connectivity index (χ3n) is 3.36. The summed E-state index contributed by atoms with van der Waals surface area (Å²) in [5.74, 6) is 1.74. The van der Waals surface area contributed by atoms with Gasteiger partial charge in [-0.2, -0.15) is 4.98 Å². The molecule has 0 fully saturated rings. The summed E-state index contributed by atoms with van der Waals surface area (Å²) in [4.78, 5) is 8.87. The number of anilines is 4. The van der Waals surface area contributed by atoms with Crippen molar-refractivity contribution in [1.29, 1.82) is 0 Å². The molecule has 25 heavy (non-hydrogen) atoms. The number of benzene rings is 2. The molecule has 0 bridgehead atoms. The lowest BCUT2D eigenvalue weighted by Gasteiger charge is -2.11. The molecular weight excluding hydrogens is 359 g/mol. The van der Waals surface area contributed by atoms with Crippen molar-refractivity contribution in [2.24, 2.45) is 0 Å². The van der Waals surface area contributed by atoms with E-state index in [2.05, 4.69) is 20.6 Å². The summed E-state index contributed by atoms with van der Waals surface area (Å²) in [6, 6.07) is 14.7. The van der Waals surface area contributed by atoms with E-state index in [0.29, 0.717) is 27.6 Å². The summed E-state index contributed by atoms with van der Waals surface area (Å²) >= 11 is 12.2. The number of ether oxygens (including phenoxy) is 1. The molecule has 0 radical (unpaired) electrons. The van der Waals surface area contributed by atoms with Crippen molar-refractivity contribution in [3.05, 3.63) is 64.3 Å². The smallest absolute Gasteiger partial charge is 0.229 e. The van der Waals surface area contributed by atoms with Crippen molar-refractivity contribution in [3.63, 3.8) is 0 Å². The highest BCUT2D eigenvalue weighted by molar-refractivity contribution is 6.32. The standard InChI is InChI=1S/C18H16Cl2N4O/c1-11-8-17(22-13-5-3-4-12(19)9-13)24-18(21-11)23-14-6-7-16(25-2)15(20)10-14/h3-10H,1-2H3,(H2,21,22,23,24). The molecule has 0 spiro atoms. The van der Waals surface area contributed by atoms with Crippen LogP contribution in [0.25, 0.3) is 0 Å². The number of rotatable bonds is 5. The van der Waals surface area contributed by atoms with Crippen LogP contribution in [-0.2, 0) is 0 Å². The summed E-state index contributed by atoms with van der Waals surface area (Å²) in [6.07, 6.45) is 0. The molecule has 0 aliphatic carbocycles. The fourth-order valence-electron chi connectivity index (χ4n) is 2.28. The highest BCUT2D eigenvalue weighted by atomic mass is 35.5. The molecule has 3 aromatic rings. The van der Waals surface area contributed by atoms with E-state index in [9.17, 15) is 0 Å². The van der Waals surface area contributed by atoms with E-state index in [4.69, 9.17) is 27.9 Å². The molecule has 0 aliphatic heterocycles. The van der Waals surface area contributed by atoms with Crippen LogP contribution in [-0.4, -0.2) is 17.1 Å². The second-order valence-electron chi connectivity index (χ2n) is 5.33. The van der Waals surface area contributed by atoms with Gasteiger partial charge in [0.05, 0.1) is 12.1 Å². The van der Waals surface area contributed by atoms with Gasteiger partial charge in [0.2, 0.25) is 5.95 Å². The Bertz CT molecular complexity index is 902.